The Hall–Kier alpha value is -0.130. The largest absolute Gasteiger partial charge is 0.330 e. The van der Waals surface area contributed by atoms with Crippen LogP contribution in [0.2, 0.25) is 0 Å². The Bertz CT molecular complexity index is 418. The van der Waals surface area contributed by atoms with Crippen LogP contribution in [0.5, 0.6) is 0 Å². The molecule has 0 aromatic rings. The zero-order valence-electron chi connectivity index (χ0n) is 11.8. The number of hydrogen-bond donors (Lipinski definition) is 2. The van der Waals surface area contributed by atoms with E-state index >= 15 is 0 Å². The summed E-state index contributed by atoms with van der Waals surface area (Å²) in [6, 6.07) is 0. The highest BCUT2D eigenvalue weighted by molar-refractivity contribution is 7.88. The molecule has 4 saturated carbocycles. The van der Waals surface area contributed by atoms with E-state index in [1.165, 1.54) is 38.4 Å². The van der Waals surface area contributed by atoms with Crippen molar-refractivity contribution >= 4 is 10.0 Å². The first-order chi connectivity index (χ1) is 8.93. The lowest BCUT2D eigenvalue weighted by Crippen LogP contribution is -2.57. The van der Waals surface area contributed by atoms with E-state index in [0.717, 1.165) is 36.6 Å². The van der Waals surface area contributed by atoms with Crippen LogP contribution >= 0.6 is 0 Å². The first-order valence-corrected chi connectivity index (χ1v) is 9.47. The zero-order valence-corrected chi connectivity index (χ0v) is 12.6. The second-order valence-electron chi connectivity index (χ2n) is 7.16. The molecule has 4 nitrogen and oxygen atoms in total. The van der Waals surface area contributed by atoms with Gasteiger partial charge in [0.05, 0.1) is 6.26 Å². The Morgan fingerprint density at radius 2 is 1.63 bits per heavy atom. The van der Waals surface area contributed by atoms with Gasteiger partial charge in [-0.15, -0.1) is 0 Å². The Kier molecular flexibility index (Phi) is 3.43. The van der Waals surface area contributed by atoms with Gasteiger partial charge in [-0.2, -0.15) is 0 Å². The van der Waals surface area contributed by atoms with Gasteiger partial charge >= 0.3 is 0 Å². The summed E-state index contributed by atoms with van der Waals surface area (Å²) in [6.07, 6.45) is 8.94. The first kappa shape index (κ1) is 13.8. The summed E-state index contributed by atoms with van der Waals surface area (Å²) >= 11 is 0. The van der Waals surface area contributed by atoms with Crippen molar-refractivity contribution in [3.8, 4) is 0 Å². The van der Waals surface area contributed by atoms with Crippen molar-refractivity contribution in [3.63, 3.8) is 0 Å². The number of rotatable bonds is 5. The third kappa shape index (κ3) is 2.45. The molecule has 0 spiro atoms. The topological polar surface area (TPSA) is 72.2 Å². The van der Waals surface area contributed by atoms with Crippen LogP contribution in [0.4, 0.5) is 0 Å². The summed E-state index contributed by atoms with van der Waals surface area (Å²) in [5.74, 6) is 3.36. The summed E-state index contributed by atoms with van der Waals surface area (Å²) in [4.78, 5) is 0. The van der Waals surface area contributed by atoms with Crippen LogP contribution < -0.4 is 10.5 Å². The molecule has 0 aliphatic heterocycles. The van der Waals surface area contributed by atoms with E-state index in [-0.39, 0.29) is 5.41 Å². The second kappa shape index (κ2) is 4.71. The zero-order chi connectivity index (χ0) is 13.7. The molecular formula is C14H26N2O2S. The fourth-order valence-electron chi connectivity index (χ4n) is 5.44. The minimum Gasteiger partial charge on any atom is -0.330 e. The first-order valence-electron chi connectivity index (χ1n) is 7.57. The molecule has 4 aliphatic carbocycles. The molecule has 110 valence electrons. The van der Waals surface area contributed by atoms with Crippen LogP contribution in [-0.4, -0.2) is 27.8 Å². The number of hydrogen-bond acceptors (Lipinski definition) is 3. The van der Waals surface area contributed by atoms with E-state index in [2.05, 4.69) is 4.72 Å². The van der Waals surface area contributed by atoms with Crippen LogP contribution in [0.25, 0.3) is 0 Å². The monoisotopic (exact) mass is 286 g/mol. The van der Waals surface area contributed by atoms with E-state index in [4.69, 9.17) is 5.73 Å². The highest BCUT2D eigenvalue weighted by atomic mass is 32.2. The third-order valence-corrected chi connectivity index (χ3v) is 6.83. The van der Waals surface area contributed by atoms with Gasteiger partial charge in [0.15, 0.2) is 0 Å². The fraction of sp³-hybridized carbons (Fsp3) is 1.00. The van der Waals surface area contributed by atoms with Gasteiger partial charge < -0.3 is 5.73 Å². The van der Waals surface area contributed by atoms with Crippen molar-refractivity contribution in [2.75, 3.05) is 19.3 Å². The van der Waals surface area contributed by atoms with Crippen LogP contribution in [-0.2, 0) is 10.0 Å². The van der Waals surface area contributed by atoms with Crippen LogP contribution in [0.3, 0.4) is 0 Å². The maximum Gasteiger partial charge on any atom is 0.208 e. The minimum absolute atomic E-state index is 0.213. The van der Waals surface area contributed by atoms with Crippen molar-refractivity contribution in [1.82, 2.24) is 4.72 Å². The van der Waals surface area contributed by atoms with E-state index in [1.807, 2.05) is 0 Å². The maximum absolute atomic E-state index is 11.2. The molecule has 3 N–H and O–H groups in total. The molecule has 0 aromatic heterocycles. The van der Waals surface area contributed by atoms with Crippen molar-refractivity contribution < 1.29 is 8.42 Å². The quantitative estimate of drug-likeness (QED) is 0.801. The van der Waals surface area contributed by atoms with E-state index in [0.29, 0.717) is 6.54 Å². The standard InChI is InChI=1S/C14H26N2O2S/c1-19(17,18)16-3-2-14(9-15)12-5-10-4-11(7-12)8-13(14)6-10/h10-13,16H,2-9,15H2,1H3. The number of nitrogens with one attached hydrogen (secondary N) is 1. The smallest absolute Gasteiger partial charge is 0.208 e. The Labute approximate surface area is 116 Å². The van der Waals surface area contributed by atoms with Gasteiger partial charge in [-0.05, 0) is 74.2 Å². The molecule has 0 heterocycles. The number of nitrogens with two attached hydrogens (primary N) is 1. The molecule has 0 unspecified atom stereocenters. The lowest BCUT2D eigenvalue weighted by atomic mass is 9.44. The average Bonchev–Trinajstić information content (AvgIpc) is 2.31. The lowest BCUT2D eigenvalue weighted by molar-refractivity contribution is -0.107. The van der Waals surface area contributed by atoms with Gasteiger partial charge in [0.1, 0.15) is 0 Å². The average molecular weight is 286 g/mol. The molecule has 0 aromatic carbocycles. The molecule has 19 heavy (non-hydrogen) atoms. The van der Waals surface area contributed by atoms with Gasteiger partial charge in [0.25, 0.3) is 0 Å². The lowest BCUT2D eigenvalue weighted by Gasteiger charge is -2.61. The summed E-state index contributed by atoms with van der Waals surface area (Å²) in [5, 5.41) is 0. The van der Waals surface area contributed by atoms with Gasteiger partial charge in [-0.1, -0.05) is 0 Å². The van der Waals surface area contributed by atoms with Gasteiger partial charge in [-0.25, -0.2) is 13.1 Å². The summed E-state index contributed by atoms with van der Waals surface area (Å²) < 4.78 is 25.1. The molecule has 4 bridgehead atoms. The van der Waals surface area contributed by atoms with E-state index in [9.17, 15) is 8.42 Å². The van der Waals surface area contributed by atoms with Gasteiger partial charge in [-0.3, -0.25) is 0 Å². The molecule has 5 heteroatoms. The van der Waals surface area contributed by atoms with Gasteiger partial charge in [0.2, 0.25) is 10.0 Å². The Morgan fingerprint density at radius 3 is 2.05 bits per heavy atom. The highest BCUT2D eigenvalue weighted by Crippen LogP contribution is 2.62. The van der Waals surface area contributed by atoms with Crippen molar-refractivity contribution in [1.29, 1.82) is 0 Å². The van der Waals surface area contributed by atoms with E-state index < -0.39 is 10.0 Å². The number of sulfonamides is 1. The SMILES string of the molecule is CS(=O)(=O)NCCC1(CN)C2CC3CC(C2)CC1C3. The molecule has 0 atom stereocenters. The summed E-state index contributed by atoms with van der Waals surface area (Å²) in [6.45, 7) is 1.28. The van der Waals surface area contributed by atoms with Crippen LogP contribution in [0.1, 0.15) is 38.5 Å². The molecular weight excluding hydrogens is 260 g/mol. The molecule has 0 radical (unpaired) electrons. The Morgan fingerprint density at radius 1 is 1.11 bits per heavy atom. The molecule has 4 fully saturated rings. The third-order valence-electron chi connectivity index (χ3n) is 6.10. The maximum atomic E-state index is 11.2. The predicted molar refractivity (Wildman–Crippen MR) is 76.0 cm³/mol. The van der Waals surface area contributed by atoms with E-state index in [1.54, 1.807) is 0 Å². The normalized spacial score (nSPS) is 44.7. The molecule has 0 saturated heterocycles. The van der Waals surface area contributed by atoms with Crippen molar-refractivity contribution in [3.05, 3.63) is 0 Å². The van der Waals surface area contributed by atoms with Crippen molar-refractivity contribution in [2.24, 2.45) is 34.8 Å². The van der Waals surface area contributed by atoms with Gasteiger partial charge in [0, 0.05) is 6.54 Å². The second-order valence-corrected chi connectivity index (χ2v) is 8.99. The minimum atomic E-state index is -3.08. The van der Waals surface area contributed by atoms with Crippen LogP contribution in [0.15, 0.2) is 0 Å². The fourth-order valence-corrected chi connectivity index (χ4v) is 5.91. The Balaban J connectivity index is 1.72. The molecule has 4 aliphatic rings. The van der Waals surface area contributed by atoms with Crippen molar-refractivity contribution in [2.45, 2.75) is 38.5 Å². The predicted octanol–water partition coefficient (Wildman–Crippen LogP) is 1.33. The summed E-state index contributed by atoms with van der Waals surface area (Å²) in [5.41, 5.74) is 6.37. The molecule has 4 rings (SSSR count). The summed E-state index contributed by atoms with van der Waals surface area (Å²) in [7, 11) is -3.08. The van der Waals surface area contributed by atoms with Crippen LogP contribution in [0, 0.1) is 29.1 Å². The highest BCUT2D eigenvalue weighted by Gasteiger charge is 2.55. The molecule has 0 amide bonds.